The summed E-state index contributed by atoms with van der Waals surface area (Å²) in [5, 5.41) is 0. The SMILES string of the molecule is CCCC[N+](CCCC)(CCCC)C(F)(F)C(F)(F)CC(c1ccccc1)(c1ccccc1)c1ccccc1. The van der Waals surface area contributed by atoms with E-state index in [-0.39, 0.29) is 19.6 Å². The number of alkyl halides is 4. The van der Waals surface area contributed by atoms with Crippen LogP contribution in [0.25, 0.3) is 0 Å². The maximum absolute atomic E-state index is 16.8. The third-order valence-corrected chi connectivity index (χ3v) is 8.14. The summed E-state index contributed by atoms with van der Waals surface area (Å²) in [6.07, 6.45) is 2.47. The lowest BCUT2D eigenvalue weighted by atomic mass is 9.65. The normalized spacial score (nSPS) is 13.0. The topological polar surface area (TPSA) is 0 Å². The molecule has 0 fully saturated rings. The molecule has 0 radical (unpaired) electrons. The molecule has 0 saturated heterocycles. The Balaban J connectivity index is 2.26. The molecule has 0 spiro atoms. The molecule has 0 aromatic heterocycles. The van der Waals surface area contributed by atoms with E-state index >= 15 is 17.6 Å². The van der Waals surface area contributed by atoms with E-state index in [1.165, 1.54) is 0 Å². The molecule has 0 saturated carbocycles. The second kappa shape index (κ2) is 13.6. The van der Waals surface area contributed by atoms with Gasteiger partial charge in [0.05, 0.1) is 25.0 Å². The first-order chi connectivity index (χ1) is 18.7. The monoisotopic (exact) mass is 542 g/mol. The third-order valence-electron chi connectivity index (χ3n) is 8.14. The van der Waals surface area contributed by atoms with Crippen LogP contribution < -0.4 is 0 Å². The standard InChI is InChI=1S/C34H44F4N/c1-4-7-25-39(26-8-5-2,27-9-6-3)34(37,38)33(35,36)28-32(29-19-13-10-14-20-29,30-21-15-11-16-22-30)31-23-17-12-18-24-31/h10-24H,4-9,25-28H2,1-3H3/q+1. The van der Waals surface area contributed by atoms with Gasteiger partial charge in [-0.2, -0.15) is 8.78 Å². The number of rotatable bonds is 16. The van der Waals surface area contributed by atoms with E-state index < -0.39 is 28.3 Å². The molecule has 0 heterocycles. The fourth-order valence-corrected chi connectivity index (χ4v) is 5.90. The number of unbranched alkanes of at least 4 members (excludes halogenated alkanes) is 3. The average Bonchev–Trinajstić information content (AvgIpc) is 2.97. The Labute approximate surface area is 232 Å². The maximum atomic E-state index is 16.8. The molecule has 3 aromatic carbocycles. The van der Waals surface area contributed by atoms with Gasteiger partial charge in [0.2, 0.25) is 0 Å². The van der Waals surface area contributed by atoms with E-state index in [0.29, 0.717) is 55.2 Å². The van der Waals surface area contributed by atoms with Crippen molar-refractivity contribution in [2.45, 2.75) is 83.1 Å². The Morgan fingerprint density at radius 1 is 0.513 bits per heavy atom. The van der Waals surface area contributed by atoms with Crippen LogP contribution in [0.2, 0.25) is 0 Å². The van der Waals surface area contributed by atoms with Crippen molar-refractivity contribution in [2.24, 2.45) is 0 Å². The zero-order valence-electron chi connectivity index (χ0n) is 23.7. The molecule has 0 atom stereocenters. The fraction of sp³-hybridized carbons (Fsp3) is 0.471. The highest BCUT2D eigenvalue weighted by Gasteiger charge is 2.71. The van der Waals surface area contributed by atoms with Crippen molar-refractivity contribution < 1.29 is 22.0 Å². The molecular formula is C34H44F4N+. The molecule has 0 bridgehead atoms. The van der Waals surface area contributed by atoms with E-state index in [0.717, 1.165) is 0 Å². The van der Waals surface area contributed by atoms with Crippen LogP contribution in [0.15, 0.2) is 91.0 Å². The summed E-state index contributed by atoms with van der Waals surface area (Å²) < 4.78 is 66.3. The molecule has 0 unspecified atom stereocenters. The second-order valence-electron chi connectivity index (χ2n) is 10.8. The Morgan fingerprint density at radius 3 is 1.10 bits per heavy atom. The van der Waals surface area contributed by atoms with Gasteiger partial charge < -0.3 is 0 Å². The number of benzene rings is 3. The minimum atomic E-state index is -4.29. The van der Waals surface area contributed by atoms with Gasteiger partial charge >= 0.3 is 12.0 Å². The van der Waals surface area contributed by atoms with Crippen LogP contribution in [0.3, 0.4) is 0 Å². The molecule has 0 aliphatic heterocycles. The van der Waals surface area contributed by atoms with Crippen LogP contribution in [0.1, 0.15) is 82.4 Å². The van der Waals surface area contributed by atoms with Crippen LogP contribution in [0.4, 0.5) is 17.6 Å². The first kappa shape index (κ1) is 30.9. The Hall–Kier alpha value is -2.66. The van der Waals surface area contributed by atoms with E-state index in [1.807, 2.05) is 39.0 Å². The first-order valence-corrected chi connectivity index (χ1v) is 14.5. The molecule has 0 N–H and O–H groups in total. The molecule has 39 heavy (non-hydrogen) atoms. The van der Waals surface area contributed by atoms with Crippen molar-refractivity contribution in [1.29, 1.82) is 0 Å². The van der Waals surface area contributed by atoms with E-state index in [1.54, 1.807) is 72.8 Å². The average molecular weight is 543 g/mol. The number of halogens is 4. The van der Waals surface area contributed by atoms with E-state index in [2.05, 4.69) is 0 Å². The lowest BCUT2D eigenvalue weighted by molar-refractivity contribution is -1.02. The molecular weight excluding hydrogens is 498 g/mol. The highest BCUT2D eigenvalue weighted by atomic mass is 19.3. The highest BCUT2D eigenvalue weighted by Crippen LogP contribution is 2.53. The van der Waals surface area contributed by atoms with Crippen molar-refractivity contribution >= 4 is 0 Å². The molecule has 0 amide bonds. The van der Waals surface area contributed by atoms with Crippen LogP contribution >= 0.6 is 0 Å². The summed E-state index contributed by atoms with van der Waals surface area (Å²) in [6.45, 7) is 5.93. The lowest BCUT2D eigenvalue weighted by Gasteiger charge is -2.48. The van der Waals surface area contributed by atoms with Crippen molar-refractivity contribution in [1.82, 2.24) is 0 Å². The second-order valence-corrected chi connectivity index (χ2v) is 10.8. The van der Waals surface area contributed by atoms with Crippen LogP contribution in [0.5, 0.6) is 0 Å². The highest BCUT2D eigenvalue weighted by molar-refractivity contribution is 5.50. The van der Waals surface area contributed by atoms with Crippen molar-refractivity contribution in [3.8, 4) is 0 Å². The van der Waals surface area contributed by atoms with Crippen molar-refractivity contribution in [3.63, 3.8) is 0 Å². The number of nitrogens with zero attached hydrogens (tertiary/aromatic N) is 1. The smallest absolute Gasteiger partial charge is 0.257 e. The van der Waals surface area contributed by atoms with Gasteiger partial charge in [-0.1, -0.05) is 131 Å². The number of hydrogen-bond donors (Lipinski definition) is 0. The largest absolute Gasteiger partial charge is 0.455 e. The van der Waals surface area contributed by atoms with Gasteiger partial charge in [-0.15, -0.1) is 8.78 Å². The quantitative estimate of drug-likeness (QED) is 0.0731. The minimum Gasteiger partial charge on any atom is -0.257 e. The summed E-state index contributed by atoms with van der Waals surface area (Å²) in [6, 6.07) is 22.6. The summed E-state index contributed by atoms with van der Waals surface area (Å²) in [4.78, 5) is 0. The summed E-state index contributed by atoms with van der Waals surface area (Å²) in [7, 11) is 0. The van der Waals surface area contributed by atoms with Crippen molar-refractivity contribution in [2.75, 3.05) is 19.6 Å². The van der Waals surface area contributed by atoms with Gasteiger partial charge in [-0.3, -0.25) is 4.48 Å². The first-order valence-electron chi connectivity index (χ1n) is 14.5. The van der Waals surface area contributed by atoms with Crippen LogP contribution in [-0.4, -0.2) is 36.1 Å². The Morgan fingerprint density at radius 2 is 0.821 bits per heavy atom. The summed E-state index contributed by atoms with van der Waals surface area (Å²) in [5.41, 5.74) is 0.261. The molecule has 3 rings (SSSR count). The van der Waals surface area contributed by atoms with E-state index in [4.69, 9.17) is 0 Å². The predicted octanol–water partition coefficient (Wildman–Crippen LogP) is 9.86. The van der Waals surface area contributed by atoms with Crippen molar-refractivity contribution in [3.05, 3.63) is 108 Å². The van der Waals surface area contributed by atoms with Gasteiger partial charge in [0.25, 0.3) is 0 Å². The van der Waals surface area contributed by atoms with Gasteiger partial charge in [0.1, 0.15) is 0 Å². The number of hydrogen-bond acceptors (Lipinski definition) is 0. The molecule has 212 valence electrons. The molecule has 5 heteroatoms. The fourth-order valence-electron chi connectivity index (χ4n) is 5.90. The lowest BCUT2D eigenvalue weighted by Crippen LogP contribution is -2.69. The van der Waals surface area contributed by atoms with Gasteiger partial charge in [-0.05, 0) is 36.0 Å². The van der Waals surface area contributed by atoms with Gasteiger partial charge in [0.15, 0.2) is 0 Å². The summed E-state index contributed by atoms with van der Waals surface area (Å²) >= 11 is 0. The van der Waals surface area contributed by atoms with Gasteiger partial charge in [0, 0.05) is 6.42 Å². The molecule has 0 aliphatic carbocycles. The third kappa shape index (κ3) is 6.40. The maximum Gasteiger partial charge on any atom is 0.455 e. The Kier molecular flexibility index (Phi) is 10.8. The summed E-state index contributed by atoms with van der Waals surface area (Å²) in [5.74, 6) is -4.29. The predicted molar refractivity (Wildman–Crippen MR) is 153 cm³/mol. The molecule has 3 aromatic rings. The zero-order chi connectivity index (χ0) is 28.4. The molecule has 1 nitrogen and oxygen atoms in total. The van der Waals surface area contributed by atoms with Crippen LogP contribution in [0, 0.1) is 0 Å². The zero-order valence-corrected chi connectivity index (χ0v) is 23.7. The minimum absolute atomic E-state index is 0.0497. The number of quaternary nitrogens is 1. The van der Waals surface area contributed by atoms with Gasteiger partial charge in [-0.25, -0.2) is 0 Å². The van der Waals surface area contributed by atoms with Crippen LogP contribution in [-0.2, 0) is 5.41 Å². The van der Waals surface area contributed by atoms with E-state index in [9.17, 15) is 0 Å². The Bertz CT molecular complexity index is 981. The molecule has 0 aliphatic rings.